The summed E-state index contributed by atoms with van der Waals surface area (Å²) in [5.41, 5.74) is 0. The second-order valence-electron chi connectivity index (χ2n) is 2.85. The highest BCUT2D eigenvalue weighted by atomic mass is 16.2. The molecule has 0 bridgehead atoms. The van der Waals surface area contributed by atoms with Crippen LogP contribution in [0.4, 0.5) is 0 Å². The summed E-state index contributed by atoms with van der Waals surface area (Å²) in [5, 5.41) is 8.48. The molecule has 1 N–H and O–H groups in total. The summed E-state index contributed by atoms with van der Waals surface area (Å²) >= 11 is 0. The summed E-state index contributed by atoms with van der Waals surface area (Å²) < 4.78 is 0. The topological polar surface area (TPSA) is 37.3 Å². The van der Waals surface area contributed by atoms with Gasteiger partial charge in [0.2, 0.25) is 0 Å². The third-order valence-corrected chi connectivity index (χ3v) is 1.68. The average molecular weight is 170 g/mol. The molecule has 2 nitrogen and oxygen atoms in total. The van der Waals surface area contributed by atoms with Crippen molar-refractivity contribution in [3.8, 4) is 0 Å². The van der Waals surface area contributed by atoms with Gasteiger partial charge < -0.3 is 5.11 Å². The lowest BCUT2D eigenvalue weighted by atomic mass is 10.1. The van der Waals surface area contributed by atoms with Gasteiger partial charge in [-0.1, -0.05) is 18.9 Å². The van der Waals surface area contributed by atoms with E-state index in [4.69, 9.17) is 5.11 Å². The molecule has 0 fully saturated rings. The first-order valence-electron chi connectivity index (χ1n) is 4.57. The predicted octanol–water partition coefficient (Wildman–Crippen LogP) is 2.07. The Labute approximate surface area is 74.3 Å². The number of rotatable bonds is 7. The predicted molar refractivity (Wildman–Crippen MR) is 50.0 cm³/mol. The number of carbonyl (C=O) groups is 1. The summed E-state index contributed by atoms with van der Waals surface area (Å²) in [6.45, 7) is 2.12. The van der Waals surface area contributed by atoms with Crippen molar-refractivity contribution in [3.05, 3.63) is 12.2 Å². The minimum Gasteiger partial charge on any atom is -0.396 e. The van der Waals surface area contributed by atoms with Gasteiger partial charge in [-0.15, -0.1) is 0 Å². The van der Waals surface area contributed by atoms with Crippen LogP contribution in [-0.2, 0) is 4.79 Å². The van der Waals surface area contributed by atoms with Crippen LogP contribution in [-0.4, -0.2) is 17.5 Å². The molecule has 0 aliphatic carbocycles. The van der Waals surface area contributed by atoms with Gasteiger partial charge in [0, 0.05) is 13.0 Å². The molecule has 12 heavy (non-hydrogen) atoms. The number of carbonyl (C=O) groups excluding carboxylic acids is 1. The molecule has 0 heterocycles. The van der Waals surface area contributed by atoms with Gasteiger partial charge in [0.05, 0.1) is 0 Å². The Morgan fingerprint density at radius 3 is 2.50 bits per heavy atom. The maximum atomic E-state index is 10.9. The molecular weight excluding hydrogens is 152 g/mol. The van der Waals surface area contributed by atoms with Gasteiger partial charge >= 0.3 is 0 Å². The van der Waals surface area contributed by atoms with Crippen molar-refractivity contribution >= 4 is 5.78 Å². The van der Waals surface area contributed by atoms with E-state index < -0.39 is 0 Å². The van der Waals surface area contributed by atoms with Crippen molar-refractivity contribution in [2.75, 3.05) is 6.61 Å². The van der Waals surface area contributed by atoms with Gasteiger partial charge in [-0.2, -0.15) is 0 Å². The van der Waals surface area contributed by atoms with E-state index in [0.717, 1.165) is 25.7 Å². The Kier molecular flexibility index (Phi) is 8.02. The van der Waals surface area contributed by atoms with E-state index in [-0.39, 0.29) is 12.4 Å². The summed E-state index contributed by atoms with van der Waals surface area (Å²) in [7, 11) is 0. The molecule has 0 aromatic rings. The fourth-order valence-corrected chi connectivity index (χ4v) is 1.03. The Morgan fingerprint density at radius 1 is 1.25 bits per heavy atom. The van der Waals surface area contributed by atoms with Crippen LogP contribution in [0.2, 0.25) is 0 Å². The number of hydrogen-bond donors (Lipinski definition) is 1. The molecule has 70 valence electrons. The van der Waals surface area contributed by atoms with E-state index in [9.17, 15) is 4.79 Å². The molecule has 0 aliphatic rings. The van der Waals surface area contributed by atoms with Crippen LogP contribution in [0.5, 0.6) is 0 Å². The van der Waals surface area contributed by atoms with Gasteiger partial charge in [0.25, 0.3) is 0 Å². The molecule has 0 aliphatic heterocycles. The summed E-state index contributed by atoms with van der Waals surface area (Å²) in [6.07, 6.45) is 7.92. The summed E-state index contributed by atoms with van der Waals surface area (Å²) in [5.74, 6) is 0.210. The van der Waals surface area contributed by atoms with Crippen LogP contribution in [0, 0.1) is 0 Å². The van der Waals surface area contributed by atoms with Crippen LogP contribution in [0.1, 0.15) is 39.0 Å². The number of aliphatic hydroxyl groups excluding tert-OH is 1. The standard InChI is InChI=1S/C10H18O2/c1-2-7-10(12)8-5-3-4-6-9-11/h2,7,11H,3-6,8-9H2,1H3/b7-2+. The molecule has 0 saturated heterocycles. The molecule has 0 aromatic carbocycles. The third kappa shape index (κ3) is 7.48. The monoisotopic (exact) mass is 170 g/mol. The SMILES string of the molecule is C/C=C/C(=O)CCCCCCO. The van der Waals surface area contributed by atoms with E-state index >= 15 is 0 Å². The molecule has 0 rings (SSSR count). The first-order chi connectivity index (χ1) is 5.81. The van der Waals surface area contributed by atoms with Crippen LogP contribution < -0.4 is 0 Å². The number of hydrogen-bond acceptors (Lipinski definition) is 2. The molecule has 0 amide bonds. The lowest BCUT2D eigenvalue weighted by Gasteiger charge is -1.96. The zero-order chi connectivity index (χ0) is 9.23. The second kappa shape index (κ2) is 8.47. The van der Waals surface area contributed by atoms with E-state index in [1.54, 1.807) is 12.2 Å². The van der Waals surface area contributed by atoms with E-state index in [0.29, 0.717) is 6.42 Å². The minimum atomic E-state index is 0.210. The minimum absolute atomic E-state index is 0.210. The second-order valence-corrected chi connectivity index (χ2v) is 2.85. The lowest BCUT2D eigenvalue weighted by Crippen LogP contribution is -1.92. The Bertz CT molecular complexity index is 139. The van der Waals surface area contributed by atoms with E-state index in [2.05, 4.69) is 0 Å². The lowest BCUT2D eigenvalue weighted by molar-refractivity contribution is -0.114. The van der Waals surface area contributed by atoms with Crippen molar-refractivity contribution in [2.24, 2.45) is 0 Å². The van der Waals surface area contributed by atoms with Crippen LogP contribution in [0.15, 0.2) is 12.2 Å². The first-order valence-corrected chi connectivity index (χ1v) is 4.57. The zero-order valence-electron chi connectivity index (χ0n) is 7.75. The third-order valence-electron chi connectivity index (χ3n) is 1.68. The number of ketones is 1. The van der Waals surface area contributed by atoms with Crippen LogP contribution in [0.3, 0.4) is 0 Å². The number of allylic oxidation sites excluding steroid dienone is 2. The van der Waals surface area contributed by atoms with Gasteiger partial charge in [-0.25, -0.2) is 0 Å². The smallest absolute Gasteiger partial charge is 0.155 e. The highest BCUT2D eigenvalue weighted by Crippen LogP contribution is 2.03. The van der Waals surface area contributed by atoms with Crippen LogP contribution in [0.25, 0.3) is 0 Å². The van der Waals surface area contributed by atoms with E-state index in [1.165, 1.54) is 0 Å². The van der Waals surface area contributed by atoms with Gasteiger partial charge in [0.15, 0.2) is 5.78 Å². The molecule has 0 unspecified atom stereocenters. The fraction of sp³-hybridized carbons (Fsp3) is 0.700. The van der Waals surface area contributed by atoms with Crippen molar-refractivity contribution < 1.29 is 9.90 Å². The van der Waals surface area contributed by atoms with E-state index in [1.807, 2.05) is 6.92 Å². The first kappa shape index (κ1) is 11.4. The van der Waals surface area contributed by atoms with Gasteiger partial charge in [0.1, 0.15) is 0 Å². The molecule has 0 radical (unpaired) electrons. The largest absolute Gasteiger partial charge is 0.396 e. The van der Waals surface area contributed by atoms with Crippen LogP contribution >= 0.6 is 0 Å². The highest BCUT2D eigenvalue weighted by Gasteiger charge is 1.95. The van der Waals surface area contributed by atoms with Crippen molar-refractivity contribution in [3.63, 3.8) is 0 Å². The summed E-state index contributed by atoms with van der Waals surface area (Å²) in [4.78, 5) is 10.9. The molecular formula is C10H18O2. The quantitative estimate of drug-likeness (QED) is 0.469. The van der Waals surface area contributed by atoms with Crippen molar-refractivity contribution in [2.45, 2.75) is 39.0 Å². The van der Waals surface area contributed by atoms with Crippen molar-refractivity contribution in [1.29, 1.82) is 0 Å². The number of unbranched alkanes of at least 4 members (excludes halogenated alkanes) is 3. The fourth-order valence-electron chi connectivity index (χ4n) is 1.03. The highest BCUT2D eigenvalue weighted by molar-refractivity contribution is 5.89. The molecule has 0 aromatic heterocycles. The molecule has 0 spiro atoms. The Morgan fingerprint density at radius 2 is 1.92 bits per heavy atom. The van der Waals surface area contributed by atoms with Gasteiger partial charge in [-0.05, 0) is 25.8 Å². The molecule has 0 atom stereocenters. The Hall–Kier alpha value is -0.630. The average Bonchev–Trinajstić information content (AvgIpc) is 2.05. The Balaban J connectivity index is 3.14. The molecule has 2 heteroatoms. The maximum Gasteiger partial charge on any atom is 0.155 e. The normalized spacial score (nSPS) is 10.8. The zero-order valence-corrected chi connectivity index (χ0v) is 7.75. The maximum absolute atomic E-state index is 10.9. The number of aliphatic hydroxyl groups is 1. The molecule has 0 saturated carbocycles. The summed E-state index contributed by atoms with van der Waals surface area (Å²) in [6, 6.07) is 0. The van der Waals surface area contributed by atoms with Gasteiger partial charge in [-0.3, -0.25) is 4.79 Å². The van der Waals surface area contributed by atoms with Crippen molar-refractivity contribution in [1.82, 2.24) is 0 Å².